The van der Waals surface area contributed by atoms with E-state index in [4.69, 9.17) is 5.73 Å². The number of benzene rings is 1. The van der Waals surface area contributed by atoms with Crippen molar-refractivity contribution in [2.45, 2.75) is 12.7 Å². The Labute approximate surface area is 77.0 Å². The van der Waals surface area contributed by atoms with Crippen molar-refractivity contribution in [3.63, 3.8) is 0 Å². The third-order valence-corrected chi connectivity index (χ3v) is 1.90. The van der Waals surface area contributed by atoms with E-state index in [2.05, 4.69) is 22.1 Å². The summed E-state index contributed by atoms with van der Waals surface area (Å²) in [5, 5.41) is 0. The molecule has 3 nitrogen and oxygen atoms in total. The zero-order chi connectivity index (χ0) is 9.10. The molecule has 0 spiro atoms. The molecule has 0 fully saturated rings. The van der Waals surface area contributed by atoms with Crippen LogP contribution < -0.4 is 5.73 Å². The minimum atomic E-state index is -0.376. The van der Waals surface area contributed by atoms with Gasteiger partial charge < -0.3 is 0 Å². The van der Waals surface area contributed by atoms with Crippen LogP contribution in [0.25, 0.3) is 0 Å². The topological polar surface area (TPSA) is 50.7 Å². The first kappa shape index (κ1) is 8.13. The molecule has 1 aliphatic heterocycles. The second-order valence-electron chi connectivity index (χ2n) is 2.97. The third-order valence-electron chi connectivity index (χ3n) is 1.90. The summed E-state index contributed by atoms with van der Waals surface area (Å²) >= 11 is 0. The molecule has 0 amide bonds. The van der Waals surface area contributed by atoms with Gasteiger partial charge in [0.15, 0.2) is 6.29 Å². The summed E-state index contributed by atoms with van der Waals surface area (Å²) in [5.41, 5.74) is 7.69. The standard InChI is InChI=1S/C10H11N3/c11-10-12-7-9(13-10)6-8-4-2-1-3-5-8/h1-5,7,10H,6,11H2/t10-/m1/s1. The van der Waals surface area contributed by atoms with Crippen molar-refractivity contribution in [2.75, 3.05) is 0 Å². The van der Waals surface area contributed by atoms with Crippen molar-refractivity contribution in [2.24, 2.45) is 15.7 Å². The molecule has 1 atom stereocenters. The smallest absolute Gasteiger partial charge is 0.191 e. The molecule has 0 saturated carbocycles. The number of hydrogen-bond donors (Lipinski definition) is 1. The van der Waals surface area contributed by atoms with Gasteiger partial charge in [0, 0.05) is 12.6 Å². The van der Waals surface area contributed by atoms with Crippen molar-refractivity contribution >= 4 is 11.9 Å². The fraction of sp³-hybridized carbons (Fsp3) is 0.200. The monoisotopic (exact) mass is 173 g/mol. The minimum Gasteiger partial charge on any atom is -0.291 e. The molecule has 0 radical (unpaired) electrons. The Morgan fingerprint density at radius 3 is 2.62 bits per heavy atom. The summed E-state index contributed by atoms with van der Waals surface area (Å²) in [6.45, 7) is 0. The van der Waals surface area contributed by atoms with Gasteiger partial charge in [-0.15, -0.1) is 0 Å². The highest BCUT2D eigenvalue weighted by atomic mass is 15.2. The van der Waals surface area contributed by atoms with Gasteiger partial charge in [0.2, 0.25) is 0 Å². The van der Waals surface area contributed by atoms with Gasteiger partial charge in [-0.3, -0.25) is 10.7 Å². The van der Waals surface area contributed by atoms with Crippen molar-refractivity contribution in [1.29, 1.82) is 0 Å². The number of rotatable bonds is 2. The van der Waals surface area contributed by atoms with E-state index < -0.39 is 0 Å². The van der Waals surface area contributed by atoms with Crippen LogP contribution in [0, 0.1) is 0 Å². The molecule has 0 aromatic heterocycles. The van der Waals surface area contributed by atoms with Crippen LogP contribution in [0.1, 0.15) is 5.56 Å². The maximum Gasteiger partial charge on any atom is 0.191 e. The van der Waals surface area contributed by atoms with E-state index in [-0.39, 0.29) is 6.29 Å². The normalized spacial score (nSPS) is 20.4. The van der Waals surface area contributed by atoms with E-state index >= 15 is 0 Å². The van der Waals surface area contributed by atoms with E-state index in [0.717, 1.165) is 12.1 Å². The summed E-state index contributed by atoms with van der Waals surface area (Å²) in [6.07, 6.45) is 2.19. The third kappa shape index (κ3) is 2.00. The fourth-order valence-electron chi connectivity index (χ4n) is 1.30. The molecule has 0 unspecified atom stereocenters. The van der Waals surface area contributed by atoms with Crippen molar-refractivity contribution in [3.05, 3.63) is 35.9 Å². The van der Waals surface area contributed by atoms with E-state index in [9.17, 15) is 0 Å². The van der Waals surface area contributed by atoms with Gasteiger partial charge in [-0.2, -0.15) is 0 Å². The zero-order valence-corrected chi connectivity index (χ0v) is 7.22. The number of hydrogen-bond acceptors (Lipinski definition) is 3. The van der Waals surface area contributed by atoms with E-state index in [1.54, 1.807) is 6.21 Å². The van der Waals surface area contributed by atoms with Crippen LogP contribution in [-0.4, -0.2) is 18.2 Å². The molecule has 2 rings (SSSR count). The lowest BCUT2D eigenvalue weighted by Crippen LogP contribution is -2.11. The highest BCUT2D eigenvalue weighted by molar-refractivity contribution is 6.32. The Hall–Kier alpha value is -1.48. The molecule has 13 heavy (non-hydrogen) atoms. The van der Waals surface area contributed by atoms with Crippen LogP contribution >= 0.6 is 0 Å². The predicted molar refractivity (Wildman–Crippen MR) is 54.0 cm³/mol. The summed E-state index contributed by atoms with van der Waals surface area (Å²) < 4.78 is 0. The Morgan fingerprint density at radius 1 is 1.23 bits per heavy atom. The van der Waals surface area contributed by atoms with Crippen molar-refractivity contribution in [1.82, 2.24) is 0 Å². The average molecular weight is 173 g/mol. The largest absolute Gasteiger partial charge is 0.291 e. The molecule has 1 heterocycles. The molecule has 0 saturated heterocycles. The molecule has 66 valence electrons. The maximum atomic E-state index is 5.49. The molecule has 1 aliphatic rings. The van der Waals surface area contributed by atoms with E-state index in [1.807, 2.05) is 18.2 Å². The van der Waals surface area contributed by atoms with E-state index in [0.29, 0.717) is 0 Å². The lowest BCUT2D eigenvalue weighted by atomic mass is 10.1. The lowest BCUT2D eigenvalue weighted by molar-refractivity contribution is 0.772. The Bertz CT molecular complexity index is 340. The lowest BCUT2D eigenvalue weighted by Gasteiger charge is -1.97. The molecule has 2 N–H and O–H groups in total. The second kappa shape index (κ2) is 3.49. The molecular formula is C10H11N3. The van der Waals surface area contributed by atoms with Crippen molar-refractivity contribution < 1.29 is 0 Å². The highest BCUT2D eigenvalue weighted by Crippen LogP contribution is 2.03. The van der Waals surface area contributed by atoms with Gasteiger partial charge >= 0.3 is 0 Å². The van der Waals surface area contributed by atoms with E-state index in [1.165, 1.54) is 5.56 Å². The quantitative estimate of drug-likeness (QED) is 0.712. The predicted octanol–water partition coefficient (Wildman–Crippen LogP) is 0.997. The number of nitrogens with zero attached hydrogens (tertiary/aromatic N) is 2. The van der Waals surface area contributed by atoms with Gasteiger partial charge in [-0.25, -0.2) is 4.99 Å². The molecular weight excluding hydrogens is 162 g/mol. The summed E-state index contributed by atoms with van der Waals surface area (Å²) in [5.74, 6) is 0. The Kier molecular flexibility index (Phi) is 2.19. The average Bonchev–Trinajstić information content (AvgIpc) is 2.53. The van der Waals surface area contributed by atoms with Gasteiger partial charge in [-0.1, -0.05) is 30.3 Å². The van der Waals surface area contributed by atoms with Gasteiger partial charge in [-0.05, 0) is 5.56 Å². The second-order valence-corrected chi connectivity index (χ2v) is 2.97. The van der Waals surface area contributed by atoms with Crippen LogP contribution in [-0.2, 0) is 6.42 Å². The number of nitrogens with two attached hydrogens (primary N) is 1. The van der Waals surface area contributed by atoms with Crippen LogP contribution in [0.15, 0.2) is 40.3 Å². The molecule has 3 heteroatoms. The van der Waals surface area contributed by atoms with Gasteiger partial charge in [0.1, 0.15) is 0 Å². The summed E-state index contributed by atoms with van der Waals surface area (Å²) in [6, 6.07) is 10.2. The van der Waals surface area contributed by atoms with Crippen LogP contribution in [0.4, 0.5) is 0 Å². The first-order chi connectivity index (χ1) is 6.34. The van der Waals surface area contributed by atoms with Gasteiger partial charge in [0.05, 0.1) is 5.71 Å². The van der Waals surface area contributed by atoms with Crippen LogP contribution in [0.3, 0.4) is 0 Å². The Morgan fingerprint density at radius 2 is 2.00 bits per heavy atom. The maximum absolute atomic E-state index is 5.49. The highest BCUT2D eigenvalue weighted by Gasteiger charge is 2.06. The first-order valence-corrected chi connectivity index (χ1v) is 4.24. The summed E-state index contributed by atoms with van der Waals surface area (Å²) in [4.78, 5) is 8.12. The van der Waals surface area contributed by atoms with Crippen molar-refractivity contribution in [3.8, 4) is 0 Å². The van der Waals surface area contributed by atoms with Gasteiger partial charge in [0.25, 0.3) is 0 Å². The van der Waals surface area contributed by atoms with Crippen LogP contribution in [0.2, 0.25) is 0 Å². The van der Waals surface area contributed by atoms with Crippen LogP contribution in [0.5, 0.6) is 0 Å². The number of aliphatic imine (C=N–C) groups is 2. The molecule has 1 aromatic carbocycles. The summed E-state index contributed by atoms with van der Waals surface area (Å²) in [7, 11) is 0. The molecule has 0 bridgehead atoms. The SMILES string of the molecule is N[C@@H]1N=CC(Cc2ccccc2)=N1. The Balaban J connectivity index is 2.08. The molecule has 0 aliphatic carbocycles. The first-order valence-electron chi connectivity index (χ1n) is 4.24. The molecule has 1 aromatic rings. The zero-order valence-electron chi connectivity index (χ0n) is 7.22. The fourth-order valence-corrected chi connectivity index (χ4v) is 1.30. The minimum absolute atomic E-state index is 0.376.